The Morgan fingerprint density at radius 2 is 2.00 bits per heavy atom. The minimum absolute atomic E-state index is 0.119. The molecule has 0 aliphatic rings. The molecule has 2 aromatic rings. The van der Waals surface area contributed by atoms with E-state index >= 15 is 0 Å². The van der Waals surface area contributed by atoms with Gasteiger partial charge in [-0.1, -0.05) is 0 Å². The van der Waals surface area contributed by atoms with E-state index in [-0.39, 0.29) is 11.7 Å². The summed E-state index contributed by atoms with van der Waals surface area (Å²) in [5.74, 6) is 0.311. The van der Waals surface area contributed by atoms with Crippen molar-refractivity contribution in [2.75, 3.05) is 11.1 Å². The Kier molecular flexibility index (Phi) is 3.14. The maximum Gasteiger partial charge on any atom is 0.256 e. The van der Waals surface area contributed by atoms with Crippen molar-refractivity contribution in [1.29, 1.82) is 0 Å². The second-order valence-electron chi connectivity index (χ2n) is 3.94. The van der Waals surface area contributed by atoms with Crippen LogP contribution >= 0.6 is 0 Å². The van der Waals surface area contributed by atoms with Crippen LogP contribution in [0.1, 0.15) is 15.9 Å². The van der Waals surface area contributed by atoms with Crippen molar-refractivity contribution in [2.45, 2.75) is 6.92 Å². The van der Waals surface area contributed by atoms with Crippen molar-refractivity contribution >= 4 is 17.4 Å². The van der Waals surface area contributed by atoms with Crippen molar-refractivity contribution in [3.05, 3.63) is 47.7 Å². The molecule has 0 aliphatic carbocycles. The summed E-state index contributed by atoms with van der Waals surface area (Å²) in [6.45, 7) is 1.82. The molecule has 0 saturated heterocycles. The molecule has 0 bridgehead atoms. The highest BCUT2D eigenvalue weighted by atomic mass is 16.3. The number of rotatable bonds is 2. The van der Waals surface area contributed by atoms with E-state index in [4.69, 9.17) is 10.8 Å². The van der Waals surface area contributed by atoms with Crippen molar-refractivity contribution in [3.63, 3.8) is 0 Å². The second-order valence-corrected chi connectivity index (χ2v) is 3.94. The number of carbonyl (C=O) groups is 1. The number of phenols is 1. The number of hydrogen-bond donors (Lipinski definition) is 3. The van der Waals surface area contributed by atoms with E-state index in [0.717, 1.165) is 5.56 Å². The number of benzene rings is 1. The lowest BCUT2D eigenvalue weighted by atomic mass is 10.2. The molecule has 0 aliphatic heterocycles. The van der Waals surface area contributed by atoms with Gasteiger partial charge in [-0.05, 0) is 42.8 Å². The summed E-state index contributed by atoms with van der Waals surface area (Å²) in [6.07, 6.45) is 1.49. The van der Waals surface area contributed by atoms with E-state index < -0.39 is 0 Å². The summed E-state index contributed by atoms with van der Waals surface area (Å²) >= 11 is 0. The van der Waals surface area contributed by atoms with Crippen LogP contribution in [-0.4, -0.2) is 16.0 Å². The molecule has 0 atom stereocenters. The predicted molar refractivity (Wildman–Crippen MR) is 69.4 cm³/mol. The van der Waals surface area contributed by atoms with Gasteiger partial charge in [0.05, 0.1) is 11.9 Å². The molecule has 1 amide bonds. The van der Waals surface area contributed by atoms with Crippen LogP contribution in [0.15, 0.2) is 36.5 Å². The van der Waals surface area contributed by atoms with Crippen molar-refractivity contribution in [1.82, 2.24) is 4.98 Å². The van der Waals surface area contributed by atoms with Crippen LogP contribution in [0.4, 0.5) is 11.5 Å². The SMILES string of the molecule is Cc1cc(N)cnc1NC(=O)c1ccc(O)cc1. The van der Waals surface area contributed by atoms with Crippen molar-refractivity contribution < 1.29 is 9.90 Å². The molecule has 92 valence electrons. The zero-order valence-corrected chi connectivity index (χ0v) is 9.84. The number of aryl methyl sites for hydroxylation is 1. The topological polar surface area (TPSA) is 88.2 Å². The molecule has 18 heavy (non-hydrogen) atoms. The average Bonchev–Trinajstić information content (AvgIpc) is 2.33. The summed E-state index contributed by atoms with van der Waals surface area (Å²) in [7, 11) is 0. The van der Waals surface area contributed by atoms with Crippen LogP contribution in [0, 0.1) is 6.92 Å². The third-order valence-corrected chi connectivity index (χ3v) is 2.46. The number of carbonyl (C=O) groups excluding carboxylic acids is 1. The van der Waals surface area contributed by atoms with Crippen molar-refractivity contribution in [2.24, 2.45) is 0 Å². The normalized spacial score (nSPS) is 10.1. The first kappa shape index (κ1) is 11.9. The minimum atomic E-state index is -0.282. The summed E-state index contributed by atoms with van der Waals surface area (Å²) in [6, 6.07) is 7.73. The maximum absolute atomic E-state index is 11.9. The number of nitrogens with zero attached hydrogens (tertiary/aromatic N) is 1. The van der Waals surface area contributed by atoms with Gasteiger partial charge in [0.1, 0.15) is 11.6 Å². The van der Waals surface area contributed by atoms with Crippen LogP contribution in [0.3, 0.4) is 0 Å². The lowest BCUT2D eigenvalue weighted by Crippen LogP contribution is -2.13. The lowest BCUT2D eigenvalue weighted by molar-refractivity contribution is 0.102. The Bertz CT molecular complexity index is 579. The molecule has 1 aromatic heterocycles. The molecule has 0 radical (unpaired) electrons. The largest absolute Gasteiger partial charge is 0.508 e. The van der Waals surface area contributed by atoms with Gasteiger partial charge in [-0.25, -0.2) is 4.98 Å². The molecule has 0 fully saturated rings. The Morgan fingerprint density at radius 1 is 1.33 bits per heavy atom. The first-order valence-electron chi connectivity index (χ1n) is 5.39. The van der Waals surface area contributed by atoms with Gasteiger partial charge >= 0.3 is 0 Å². The minimum Gasteiger partial charge on any atom is -0.508 e. The number of anilines is 2. The van der Waals surface area contributed by atoms with Crippen LogP contribution in [0.5, 0.6) is 5.75 Å². The number of phenolic OH excluding ortho intramolecular Hbond substituents is 1. The number of nitrogens with two attached hydrogens (primary N) is 1. The quantitative estimate of drug-likeness (QED) is 0.752. The monoisotopic (exact) mass is 243 g/mol. The standard InChI is InChI=1S/C13H13N3O2/c1-8-6-10(14)7-15-12(8)16-13(18)9-2-4-11(17)5-3-9/h2-7,17H,14H2,1H3,(H,15,16,18). The van der Waals surface area contributed by atoms with Crippen molar-refractivity contribution in [3.8, 4) is 5.75 Å². The molecule has 0 unspecified atom stereocenters. The van der Waals surface area contributed by atoms with Crippen LogP contribution < -0.4 is 11.1 Å². The van der Waals surface area contributed by atoms with Crippen LogP contribution in [0.25, 0.3) is 0 Å². The highest BCUT2D eigenvalue weighted by molar-refractivity contribution is 6.04. The van der Waals surface area contributed by atoms with E-state index in [1.54, 1.807) is 6.07 Å². The number of pyridine rings is 1. The maximum atomic E-state index is 11.9. The number of amides is 1. The van der Waals surface area contributed by atoms with Gasteiger partial charge in [0.25, 0.3) is 5.91 Å². The molecule has 5 nitrogen and oxygen atoms in total. The van der Waals surface area contributed by atoms with E-state index in [2.05, 4.69) is 10.3 Å². The smallest absolute Gasteiger partial charge is 0.256 e. The van der Waals surface area contributed by atoms with Gasteiger partial charge in [-0.15, -0.1) is 0 Å². The highest BCUT2D eigenvalue weighted by Crippen LogP contribution is 2.16. The fourth-order valence-electron chi connectivity index (χ4n) is 1.52. The average molecular weight is 243 g/mol. The molecule has 2 rings (SSSR count). The predicted octanol–water partition coefficient (Wildman–Crippen LogP) is 1.93. The summed E-state index contributed by atoms with van der Waals surface area (Å²) in [4.78, 5) is 16.0. The molecule has 5 heteroatoms. The molecule has 0 spiro atoms. The van der Waals surface area contributed by atoms with E-state index in [9.17, 15) is 4.79 Å². The first-order chi connectivity index (χ1) is 8.56. The first-order valence-corrected chi connectivity index (χ1v) is 5.39. The zero-order valence-electron chi connectivity index (χ0n) is 9.84. The Balaban J connectivity index is 2.18. The van der Waals surface area contributed by atoms with Gasteiger partial charge in [0.15, 0.2) is 0 Å². The number of nitrogens with one attached hydrogen (secondary N) is 1. The number of aromatic nitrogens is 1. The Labute approximate surface area is 104 Å². The van der Waals surface area contributed by atoms with Gasteiger partial charge in [-0.3, -0.25) is 4.79 Å². The molecule has 0 saturated carbocycles. The summed E-state index contributed by atoms with van der Waals surface area (Å²) in [5.41, 5.74) is 7.38. The van der Waals surface area contributed by atoms with E-state index in [0.29, 0.717) is 17.1 Å². The lowest BCUT2D eigenvalue weighted by Gasteiger charge is -2.07. The Hall–Kier alpha value is -2.56. The van der Waals surface area contributed by atoms with Gasteiger partial charge in [0, 0.05) is 5.56 Å². The number of aromatic hydroxyl groups is 1. The zero-order chi connectivity index (χ0) is 13.1. The van der Waals surface area contributed by atoms with Gasteiger partial charge in [0.2, 0.25) is 0 Å². The number of nitrogen functional groups attached to an aromatic ring is 1. The molecule has 4 N–H and O–H groups in total. The fraction of sp³-hybridized carbons (Fsp3) is 0.0769. The fourth-order valence-corrected chi connectivity index (χ4v) is 1.52. The summed E-state index contributed by atoms with van der Waals surface area (Å²) < 4.78 is 0. The molecule has 1 heterocycles. The van der Waals surface area contributed by atoms with Crippen LogP contribution in [0.2, 0.25) is 0 Å². The van der Waals surface area contributed by atoms with Gasteiger partial charge < -0.3 is 16.2 Å². The second kappa shape index (κ2) is 4.75. The highest BCUT2D eigenvalue weighted by Gasteiger charge is 2.08. The van der Waals surface area contributed by atoms with E-state index in [1.165, 1.54) is 30.5 Å². The Morgan fingerprint density at radius 3 is 2.61 bits per heavy atom. The summed E-state index contributed by atoms with van der Waals surface area (Å²) in [5, 5.41) is 11.8. The third-order valence-electron chi connectivity index (χ3n) is 2.46. The molecular formula is C13H13N3O2. The molecular weight excluding hydrogens is 230 g/mol. The van der Waals surface area contributed by atoms with Gasteiger partial charge in [-0.2, -0.15) is 0 Å². The van der Waals surface area contributed by atoms with E-state index in [1.807, 2.05) is 6.92 Å². The molecule has 1 aromatic carbocycles. The number of hydrogen-bond acceptors (Lipinski definition) is 4. The van der Waals surface area contributed by atoms with Crippen LogP contribution in [-0.2, 0) is 0 Å². The third kappa shape index (κ3) is 2.57.